The topological polar surface area (TPSA) is 141 Å². The maximum absolute atomic E-state index is 12.7. The van der Waals surface area contributed by atoms with E-state index in [9.17, 15) is 34.5 Å². The van der Waals surface area contributed by atoms with Crippen LogP contribution in [0.1, 0.15) is 68.2 Å². The minimum Gasteiger partial charge on any atom is -0.550 e. The number of hydrogen-bond donors (Lipinski definition) is 2. The van der Waals surface area contributed by atoms with E-state index in [2.05, 4.69) is 0 Å². The fourth-order valence-electron chi connectivity index (χ4n) is 5.18. The Balaban J connectivity index is 6.48. The van der Waals surface area contributed by atoms with E-state index in [1.807, 2.05) is 13.8 Å². The average molecular weight is 444 g/mol. The molecule has 2 N–H and O–H groups in total. The third kappa shape index (κ3) is 7.51. The van der Waals surface area contributed by atoms with Crippen molar-refractivity contribution in [1.82, 2.24) is 0 Å². The number of aliphatic carboxylic acids is 3. The summed E-state index contributed by atoms with van der Waals surface area (Å²) in [5.74, 6) is -10.1. The van der Waals surface area contributed by atoms with Gasteiger partial charge in [0.1, 0.15) is 0 Å². The maximum atomic E-state index is 12.7. The number of carbonyl (C=O) groups excluding carboxylic acids is 2. The van der Waals surface area contributed by atoms with Gasteiger partial charge < -0.3 is 24.9 Å². The summed E-state index contributed by atoms with van der Waals surface area (Å²) in [5, 5.41) is 31.7. The van der Waals surface area contributed by atoms with Crippen molar-refractivity contribution >= 4 is 23.9 Å². The molecule has 0 amide bonds. The summed E-state index contributed by atoms with van der Waals surface area (Å²) in [5.41, 5.74) is -2.03. The Kier molecular flexibility index (Phi) is 10.2. The second-order valence-corrected chi connectivity index (χ2v) is 10.6. The van der Waals surface area contributed by atoms with E-state index in [1.165, 1.54) is 0 Å². The molecule has 31 heavy (non-hydrogen) atoms. The molecule has 0 saturated carbocycles. The Morgan fingerprint density at radius 2 is 1.26 bits per heavy atom. The van der Waals surface area contributed by atoms with Crippen LogP contribution in [0.4, 0.5) is 0 Å². The summed E-state index contributed by atoms with van der Waals surface area (Å²) >= 11 is 0. The molecule has 0 aliphatic carbocycles. The van der Waals surface area contributed by atoms with Crippen molar-refractivity contribution in [2.75, 3.05) is 7.11 Å². The lowest BCUT2D eigenvalue weighted by atomic mass is 9.60. The quantitative estimate of drug-likeness (QED) is 0.414. The molecule has 8 heteroatoms. The molecule has 0 aromatic rings. The monoisotopic (exact) mass is 443 g/mol. The van der Waals surface area contributed by atoms with Crippen molar-refractivity contribution in [2.24, 2.45) is 46.3 Å². The van der Waals surface area contributed by atoms with E-state index >= 15 is 0 Å². The first kappa shape index (κ1) is 28.9. The van der Waals surface area contributed by atoms with Crippen molar-refractivity contribution < 1.29 is 39.2 Å². The predicted molar refractivity (Wildman–Crippen MR) is 113 cm³/mol. The smallest absolute Gasteiger partial charge is 0.309 e. The molecule has 0 bridgehead atoms. The van der Waals surface area contributed by atoms with Crippen LogP contribution in [0.2, 0.25) is 0 Å². The Hall–Kier alpha value is -2.12. The molecular weight excluding hydrogens is 404 g/mol. The Labute approximate surface area is 185 Å². The van der Waals surface area contributed by atoms with Crippen molar-refractivity contribution in [1.29, 1.82) is 0 Å². The van der Waals surface area contributed by atoms with Crippen molar-refractivity contribution in [2.45, 2.75) is 68.2 Å². The van der Waals surface area contributed by atoms with Crippen LogP contribution in [-0.4, -0.2) is 41.2 Å². The van der Waals surface area contributed by atoms with Crippen LogP contribution in [0.25, 0.3) is 0 Å². The Morgan fingerprint density at radius 3 is 1.55 bits per heavy atom. The van der Waals surface area contributed by atoms with E-state index in [1.54, 1.807) is 41.5 Å². The summed E-state index contributed by atoms with van der Waals surface area (Å²) in [7, 11) is 1.16. The van der Waals surface area contributed by atoms with Crippen molar-refractivity contribution in [3.05, 3.63) is 0 Å². The number of esters is 1. The van der Waals surface area contributed by atoms with Crippen molar-refractivity contribution in [3.63, 3.8) is 0 Å². The van der Waals surface area contributed by atoms with Gasteiger partial charge in [-0.25, -0.2) is 0 Å². The normalized spacial score (nSPS) is 16.5. The number of carboxylic acids is 3. The Bertz CT molecular complexity index is 662. The average Bonchev–Trinajstić information content (AvgIpc) is 2.54. The van der Waals surface area contributed by atoms with Gasteiger partial charge in [-0.1, -0.05) is 55.4 Å². The molecule has 8 nitrogen and oxygen atoms in total. The van der Waals surface area contributed by atoms with E-state index in [0.717, 1.165) is 7.11 Å². The second kappa shape index (κ2) is 11.0. The highest BCUT2D eigenvalue weighted by Gasteiger charge is 2.50. The van der Waals surface area contributed by atoms with Crippen LogP contribution in [-0.2, 0) is 23.9 Å². The summed E-state index contributed by atoms with van der Waals surface area (Å²) < 4.78 is 4.91. The number of hydrogen-bond acceptors (Lipinski definition) is 6. The lowest BCUT2D eigenvalue weighted by Gasteiger charge is -2.43. The fourth-order valence-corrected chi connectivity index (χ4v) is 5.18. The summed E-state index contributed by atoms with van der Waals surface area (Å²) in [6.07, 6.45) is 0.361. The van der Waals surface area contributed by atoms with Gasteiger partial charge in [-0.3, -0.25) is 14.4 Å². The lowest BCUT2D eigenvalue weighted by Crippen LogP contribution is -2.50. The highest BCUT2D eigenvalue weighted by molar-refractivity contribution is 5.82. The molecule has 0 radical (unpaired) electrons. The van der Waals surface area contributed by atoms with Crippen LogP contribution < -0.4 is 5.11 Å². The first-order valence-corrected chi connectivity index (χ1v) is 10.6. The Morgan fingerprint density at radius 1 is 0.839 bits per heavy atom. The second-order valence-electron chi connectivity index (χ2n) is 10.6. The molecule has 0 aromatic carbocycles. The van der Waals surface area contributed by atoms with Crippen LogP contribution in [0.15, 0.2) is 0 Å². The molecule has 0 spiro atoms. The summed E-state index contributed by atoms with van der Waals surface area (Å²) in [6, 6.07) is 0. The summed E-state index contributed by atoms with van der Waals surface area (Å²) in [4.78, 5) is 48.9. The molecular formula is C23H39O8-. The molecule has 0 aliphatic rings. The van der Waals surface area contributed by atoms with Gasteiger partial charge >= 0.3 is 17.9 Å². The van der Waals surface area contributed by atoms with Crippen LogP contribution in [0.5, 0.6) is 0 Å². The van der Waals surface area contributed by atoms with Gasteiger partial charge in [0, 0.05) is 11.9 Å². The van der Waals surface area contributed by atoms with Crippen molar-refractivity contribution in [3.8, 4) is 0 Å². The maximum Gasteiger partial charge on any atom is 0.309 e. The van der Waals surface area contributed by atoms with Gasteiger partial charge in [0.25, 0.3) is 0 Å². The van der Waals surface area contributed by atoms with Crippen LogP contribution >= 0.6 is 0 Å². The number of methoxy groups -OCH3 is 1. The van der Waals surface area contributed by atoms with Crippen LogP contribution in [0, 0.1) is 46.3 Å². The summed E-state index contributed by atoms with van der Waals surface area (Å²) in [6.45, 7) is 13.7. The minimum atomic E-state index is -1.49. The highest BCUT2D eigenvalue weighted by Crippen LogP contribution is 2.47. The number of ether oxygens (including phenoxy) is 1. The first-order valence-electron chi connectivity index (χ1n) is 10.6. The van der Waals surface area contributed by atoms with E-state index in [4.69, 9.17) is 4.74 Å². The number of carbonyl (C=O) groups is 4. The third-order valence-electron chi connectivity index (χ3n) is 6.15. The van der Waals surface area contributed by atoms with E-state index < -0.39 is 64.3 Å². The standard InChI is InChI=1S/C23H40O8/c1-12(2)10-22(5,6)16(19(26)27)14(21(30)31-9)11-23(7,8)17(20(28)29)15(13(3)4)18(24)25/h12-17H,10-11H2,1-9H3,(H,24,25)(H,26,27)(H,28,29)/p-1. The third-order valence-corrected chi connectivity index (χ3v) is 6.15. The zero-order valence-electron chi connectivity index (χ0n) is 20.2. The van der Waals surface area contributed by atoms with Gasteiger partial charge in [0.05, 0.1) is 24.9 Å². The molecule has 0 aliphatic heterocycles. The van der Waals surface area contributed by atoms with Crippen LogP contribution in [0.3, 0.4) is 0 Å². The first-order chi connectivity index (χ1) is 13.9. The van der Waals surface area contributed by atoms with Gasteiger partial charge in [-0.05, 0) is 35.5 Å². The fraction of sp³-hybridized carbons (Fsp3) is 0.826. The van der Waals surface area contributed by atoms with E-state index in [0.29, 0.717) is 6.42 Å². The van der Waals surface area contributed by atoms with Gasteiger partial charge in [0.15, 0.2) is 0 Å². The molecule has 180 valence electrons. The molecule has 4 atom stereocenters. The number of rotatable bonds is 13. The highest BCUT2D eigenvalue weighted by atomic mass is 16.5. The van der Waals surface area contributed by atoms with Gasteiger partial charge in [-0.2, -0.15) is 0 Å². The molecule has 0 aromatic heterocycles. The number of carboxylic acid groups (broad SMARTS) is 3. The minimum absolute atomic E-state index is 0.161. The molecule has 0 heterocycles. The molecule has 0 saturated heterocycles. The van der Waals surface area contributed by atoms with E-state index in [-0.39, 0.29) is 12.3 Å². The molecule has 0 fully saturated rings. The van der Waals surface area contributed by atoms with Gasteiger partial charge in [-0.15, -0.1) is 0 Å². The molecule has 0 rings (SSSR count). The van der Waals surface area contributed by atoms with Gasteiger partial charge in [0.2, 0.25) is 0 Å². The SMILES string of the molecule is COC(=O)C(CC(C)(C)C(C(=O)O)C(C(=O)[O-])C(C)C)C(C(=O)O)C(C)(C)CC(C)C. The predicted octanol–water partition coefficient (Wildman–Crippen LogP) is 2.69. The zero-order chi connectivity index (χ0) is 24.9. The largest absolute Gasteiger partial charge is 0.550 e. The lowest BCUT2D eigenvalue weighted by molar-refractivity contribution is -0.316. The molecule has 4 unspecified atom stereocenters. The zero-order valence-corrected chi connectivity index (χ0v) is 20.2.